The fraction of sp³-hybridized carbons (Fsp3) is 0.353. The van der Waals surface area contributed by atoms with Crippen LogP contribution in [0.4, 0.5) is 0 Å². The Morgan fingerprint density at radius 2 is 2.05 bits per heavy atom. The average Bonchev–Trinajstić information content (AvgIpc) is 2.94. The molecule has 0 amide bonds. The van der Waals surface area contributed by atoms with E-state index in [0.29, 0.717) is 0 Å². The summed E-state index contributed by atoms with van der Waals surface area (Å²) in [4.78, 5) is 18.7. The quantitative estimate of drug-likeness (QED) is 0.803. The summed E-state index contributed by atoms with van der Waals surface area (Å²) in [7, 11) is 2.08. The lowest BCUT2D eigenvalue weighted by Gasteiger charge is -2.22. The van der Waals surface area contributed by atoms with Gasteiger partial charge in [0.2, 0.25) is 0 Å². The van der Waals surface area contributed by atoms with Crippen LogP contribution in [0.5, 0.6) is 0 Å². The molecule has 0 spiro atoms. The van der Waals surface area contributed by atoms with Crippen LogP contribution in [0.25, 0.3) is 11.0 Å². The van der Waals surface area contributed by atoms with Gasteiger partial charge in [-0.3, -0.25) is 4.90 Å². The van der Waals surface area contributed by atoms with Gasteiger partial charge < -0.3 is 4.98 Å². The molecule has 0 aliphatic rings. The van der Waals surface area contributed by atoms with Crippen LogP contribution in [-0.2, 0) is 6.54 Å². The van der Waals surface area contributed by atoms with Gasteiger partial charge in [-0.25, -0.2) is 15.0 Å². The number of aryl methyl sites for hydroxylation is 2. The number of benzene rings is 1. The molecule has 3 aromatic rings. The average molecular weight is 295 g/mol. The summed E-state index contributed by atoms with van der Waals surface area (Å²) in [5.41, 5.74) is 5.69. The van der Waals surface area contributed by atoms with Crippen molar-refractivity contribution < 1.29 is 0 Å². The number of aromatic nitrogens is 4. The van der Waals surface area contributed by atoms with Gasteiger partial charge in [-0.1, -0.05) is 6.07 Å². The van der Waals surface area contributed by atoms with E-state index in [2.05, 4.69) is 59.8 Å². The van der Waals surface area contributed by atoms with Crippen molar-refractivity contribution in [3.8, 4) is 0 Å². The molecule has 0 unspecified atom stereocenters. The van der Waals surface area contributed by atoms with Crippen molar-refractivity contribution in [1.29, 1.82) is 0 Å². The Morgan fingerprint density at radius 1 is 1.23 bits per heavy atom. The normalized spacial score (nSPS) is 13.0. The summed E-state index contributed by atoms with van der Waals surface area (Å²) in [6.07, 6.45) is 3.37. The lowest BCUT2D eigenvalue weighted by Crippen LogP contribution is -2.23. The summed E-state index contributed by atoms with van der Waals surface area (Å²) in [5, 5.41) is 0. The van der Waals surface area contributed by atoms with Crippen molar-refractivity contribution in [2.24, 2.45) is 0 Å². The Balaban J connectivity index is 1.82. The first-order valence-corrected chi connectivity index (χ1v) is 7.47. The SMILES string of the molecule is Cc1ccc2[nH]c(CN(C)[C@H](C)c3ccncn3)nc2c1C. The molecule has 22 heavy (non-hydrogen) atoms. The molecule has 1 atom stereocenters. The van der Waals surface area contributed by atoms with Crippen LogP contribution in [0.15, 0.2) is 30.7 Å². The van der Waals surface area contributed by atoms with Gasteiger partial charge in [0.1, 0.15) is 12.2 Å². The minimum absolute atomic E-state index is 0.207. The van der Waals surface area contributed by atoms with Crippen molar-refractivity contribution >= 4 is 11.0 Å². The van der Waals surface area contributed by atoms with Crippen molar-refractivity contribution in [3.63, 3.8) is 0 Å². The molecule has 0 bridgehead atoms. The number of H-pyrrole nitrogens is 1. The molecule has 5 nitrogen and oxygen atoms in total. The zero-order valence-electron chi connectivity index (χ0n) is 13.5. The van der Waals surface area contributed by atoms with Crippen LogP contribution >= 0.6 is 0 Å². The lowest BCUT2D eigenvalue weighted by atomic mass is 10.1. The van der Waals surface area contributed by atoms with Gasteiger partial charge in [0.25, 0.3) is 0 Å². The molecule has 0 saturated heterocycles. The number of hydrogen-bond donors (Lipinski definition) is 1. The van der Waals surface area contributed by atoms with Gasteiger partial charge in [-0.15, -0.1) is 0 Å². The molecule has 5 heteroatoms. The summed E-state index contributed by atoms with van der Waals surface area (Å²) < 4.78 is 0. The Labute approximate surface area is 130 Å². The summed E-state index contributed by atoms with van der Waals surface area (Å²) in [6, 6.07) is 6.39. The van der Waals surface area contributed by atoms with Crippen molar-refractivity contribution in [2.45, 2.75) is 33.4 Å². The first-order valence-electron chi connectivity index (χ1n) is 7.47. The van der Waals surface area contributed by atoms with Crippen LogP contribution in [0.2, 0.25) is 0 Å². The zero-order valence-corrected chi connectivity index (χ0v) is 13.5. The smallest absolute Gasteiger partial charge is 0.121 e. The first-order chi connectivity index (χ1) is 10.6. The van der Waals surface area contributed by atoms with Crippen LogP contribution in [-0.4, -0.2) is 31.9 Å². The fourth-order valence-electron chi connectivity index (χ4n) is 2.59. The molecule has 1 N–H and O–H groups in total. The molecular weight excluding hydrogens is 274 g/mol. The first kappa shape index (κ1) is 14.7. The standard InChI is InChI=1S/C17H21N5/c1-11-5-6-15-17(12(11)2)21-16(20-15)9-22(4)13(3)14-7-8-18-10-19-14/h5-8,10,13H,9H2,1-4H3,(H,20,21)/t13-/m1/s1. The van der Waals surface area contributed by atoms with Gasteiger partial charge in [-0.2, -0.15) is 0 Å². The van der Waals surface area contributed by atoms with Crippen LogP contribution < -0.4 is 0 Å². The third-order valence-corrected chi connectivity index (χ3v) is 4.32. The number of nitrogens with one attached hydrogen (secondary N) is 1. The van der Waals surface area contributed by atoms with E-state index in [-0.39, 0.29) is 6.04 Å². The maximum Gasteiger partial charge on any atom is 0.121 e. The van der Waals surface area contributed by atoms with E-state index in [0.717, 1.165) is 29.1 Å². The topological polar surface area (TPSA) is 57.7 Å². The molecule has 3 rings (SSSR count). The van der Waals surface area contributed by atoms with Crippen LogP contribution in [0.3, 0.4) is 0 Å². The number of imidazole rings is 1. The van der Waals surface area contributed by atoms with E-state index in [1.54, 1.807) is 12.5 Å². The summed E-state index contributed by atoms with van der Waals surface area (Å²) in [5.74, 6) is 0.979. The van der Waals surface area contributed by atoms with E-state index in [1.807, 2.05) is 6.07 Å². The molecule has 0 radical (unpaired) electrons. The minimum Gasteiger partial charge on any atom is -0.341 e. The zero-order chi connectivity index (χ0) is 15.7. The number of rotatable bonds is 4. The Hall–Kier alpha value is -2.27. The Morgan fingerprint density at radius 3 is 2.77 bits per heavy atom. The largest absolute Gasteiger partial charge is 0.341 e. The molecule has 2 heterocycles. The molecule has 114 valence electrons. The monoisotopic (exact) mass is 295 g/mol. The van der Waals surface area contributed by atoms with Gasteiger partial charge >= 0.3 is 0 Å². The van der Waals surface area contributed by atoms with E-state index < -0.39 is 0 Å². The van der Waals surface area contributed by atoms with Gasteiger partial charge in [0.15, 0.2) is 0 Å². The van der Waals surface area contributed by atoms with Crippen LogP contribution in [0.1, 0.15) is 35.6 Å². The summed E-state index contributed by atoms with van der Waals surface area (Å²) in [6.45, 7) is 7.13. The predicted octanol–water partition coefficient (Wildman–Crippen LogP) is 3.16. The summed E-state index contributed by atoms with van der Waals surface area (Å²) >= 11 is 0. The Bertz CT molecular complexity index is 778. The molecular formula is C17H21N5. The van der Waals surface area contributed by atoms with Gasteiger partial charge in [-0.05, 0) is 51.1 Å². The number of fused-ring (bicyclic) bond motifs is 1. The Kier molecular flexibility index (Phi) is 3.90. The molecule has 1 aromatic carbocycles. The van der Waals surface area contributed by atoms with E-state index in [1.165, 1.54) is 11.1 Å². The molecule has 2 aromatic heterocycles. The third kappa shape index (κ3) is 2.72. The number of hydrogen-bond acceptors (Lipinski definition) is 4. The second kappa shape index (κ2) is 5.85. The minimum atomic E-state index is 0.207. The fourth-order valence-corrected chi connectivity index (χ4v) is 2.59. The highest BCUT2D eigenvalue weighted by Crippen LogP contribution is 2.22. The lowest BCUT2D eigenvalue weighted by molar-refractivity contribution is 0.243. The van der Waals surface area contributed by atoms with Gasteiger partial charge in [0, 0.05) is 12.2 Å². The molecule has 0 aliphatic carbocycles. The van der Waals surface area contributed by atoms with E-state index in [4.69, 9.17) is 4.98 Å². The maximum atomic E-state index is 4.76. The maximum absolute atomic E-state index is 4.76. The van der Waals surface area contributed by atoms with Gasteiger partial charge in [0.05, 0.1) is 23.3 Å². The van der Waals surface area contributed by atoms with Crippen molar-refractivity contribution in [3.05, 3.63) is 53.4 Å². The van der Waals surface area contributed by atoms with E-state index in [9.17, 15) is 0 Å². The molecule has 0 aliphatic heterocycles. The highest BCUT2D eigenvalue weighted by molar-refractivity contribution is 5.79. The highest BCUT2D eigenvalue weighted by Gasteiger charge is 2.15. The molecule has 0 saturated carbocycles. The number of aromatic amines is 1. The number of nitrogens with zero attached hydrogens (tertiary/aromatic N) is 4. The molecule has 0 fully saturated rings. The van der Waals surface area contributed by atoms with E-state index >= 15 is 0 Å². The van der Waals surface area contributed by atoms with Crippen molar-refractivity contribution in [2.75, 3.05) is 7.05 Å². The second-order valence-corrected chi connectivity index (χ2v) is 5.81. The highest BCUT2D eigenvalue weighted by atomic mass is 15.2. The van der Waals surface area contributed by atoms with Crippen molar-refractivity contribution in [1.82, 2.24) is 24.8 Å². The predicted molar refractivity (Wildman–Crippen MR) is 87.5 cm³/mol. The van der Waals surface area contributed by atoms with Crippen LogP contribution in [0, 0.1) is 13.8 Å². The second-order valence-electron chi connectivity index (χ2n) is 5.81. The third-order valence-electron chi connectivity index (χ3n) is 4.32.